The van der Waals surface area contributed by atoms with Crippen molar-refractivity contribution >= 4 is 29.2 Å². The Labute approximate surface area is 104 Å². The number of esters is 1. The van der Waals surface area contributed by atoms with Gasteiger partial charge in [0, 0.05) is 0 Å². The van der Waals surface area contributed by atoms with Crippen LogP contribution >= 0.6 is 23.2 Å². The Hall–Kier alpha value is -0.840. The summed E-state index contributed by atoms with van der Waals surface area (Å²) in [6.07, 6.45) is 0. The third kappa shape index (κ3) is 3.96. The molecule has 0 unspecified atom stereocenters. The Kier molecular flexibility index (Phi) is 4.13. The average molecular weight is 263 g/mol. The SMILES string of the molecule is CC(C)(N)C(=O)OCc1cc(Cl)nc(Cl)c1. The smallest absolute Gasteiger partial charge is 0.325 e. The van der Waals surface area contributed by atoms with Crippen LogP contribution in [0.5, 0.6) is 0 Å². The largest absolute Gasteiger partial charge is 0.459 e. The number of aromatic nitrogens is 1. The molecule has 0 aromatic carbocycles. The highest BCUT2D eigenvalue weighted by Gasteiger charge is 2.23. The van der Waals surface area contributed by atoms with Gasteiger partial charge in [-0.3, -0.25) is 4.79 Å². The summed E-state index contributed by atoms with van der Waals surface area (Å²) < 4.78 is 4.99. The van der Waals surface area contributed by atoms with E-state index < -0.39 is 11.5 Å². The molecule has 0 saturated heterocycles. The first kappa shape index (κ1) is 13.2. The Bertz CT molecular complexity index is 382. The van der Waals surface area contributed by atoms with Gasteiger partial charge in [-0.05, 0) is 31.5 Å². The lowest BCUT2D eigenvalue weighted by molar-refractivity contribution is -0.150. The summed E-state index contributed by atoms with van der Waals surface area (Å²) in [5.41, 5.74) is 5.22. The van der Waals surface area contributed by atoms with Gasteiger partial charge in [0.05, 0.1) is 0 Å². The van der Waals surface area contributed by atoms with Gasteiger partial charge in [0.2, 0.25) is 0 Å². The summed E-state index contributed by atoms with van der Waals surface area (Å²) in [4.78, 5) is 15.2. The molecule has 0 aliphatic carbocycles. The molecule has 0 aliphatic rings. The van der Waals surface area contributed by atoms with Crippen LogP contribution in [0, 0.1) is 0 Å². The van der Waals surface area contributed by atoms with Crippen molar-refractivity contribution in [3.8, 4) is 0 Å². The maximum Gasteiger partial charge on any atom is 0.325 e. The number of nitrogens with two attached hydrogens (primary N) is 1. The lowest BCUT2D eigenvalue weighted by Gasteiger charge is -2.16. The summed E-state index contributed by atoms with van der Waals surface area (Å²) >= 11 is 11.4. The van der Waals surface area contributed by atoms with Crippen molar-refractivity contribution in [2.24, 2.45) is 5.73 Å². The molecule has 0 atom stereocenters. The molecule has 0 aliphatic heterocycles. The number of carbonyl (C=O) groups excluding carboxylic acids is 1. The molecule has 1 aromatic heterocycles. The van der Waals surface area contributed by atoms with Crippen LogP contribution in [-0.4, -0.2) is 16.5 Å². The van der Waals surface area contributed by atoms with Crippen LogP contribution in [-0.2, 0) is 16.1 Å². The molecular weight excluding hydrogens is 251 g/mol. The first-order chi connectivity index (χ1) is 7.29. The van der Waals surface area contributed by atoms with Gasteiger partial charge >= 0.3 is 5.97 Å². The van der Waals surface area contributed by atoms with E-state index in [0.29, 0.717) is 5.56 Å². The lowest BCUT2D eigenvalue weighted by Crippen LogP contribution is -2.42. The van der Waals surface area contributed by atoms with Crippen molar-refractivity contribution in [1.82, 2.24) is 4.98 Å². The van der Waals surface area contributed by atoms with E-state index in [2.05, 4.69) is 4.98 Å². The van der Waals surface area contributed by atoms with Gasteiger partial charge in [0.1, 0.15) is 22.5 Å². The van der Waals surface area contributed by atoms with Crippen LogP contribution in [0.2, 0.25) is 10.3 Å². The predicted molar refractivity (Wildman–Crippen MR) is 62.3 cm³/mol. The lowest BCUT2D eigenvalue weighted by atomic mass is 10.1. The molecule has 1 rings (SSSR count). The fourth-order valence-corrected chi connectivity index (χ4v) is 1.44. The molecule has 0 spiro atoms. The predicted octanol–water partition coefficient (Wildman–Crippen LogP) is 2.17. The minimum Gasteiger partial charge on any atom is -0.459 e. The zero-order chi connectivity index (χ0) is 12.3. The minimum atomic E-state index is -1.01. The molecule has 0 saturated carbocycles. The summed E-state index contributed by atoms with van der Waals surface area (Å²) in [6.45, 7) is 3.21. The quantitative estimate of drug-likeness (QED) is 0.670. The van der Waals surface area contributed by atoms with Crippen molar-refractivity contribution in [3.63, 3.8) is 0 Å². The topological polar surface area (TPSA) is 65.2 Å². The zero-order valence-electron chi connectivity index (χ0n) is 8.96. The normalized spacial score (nSPS) is 11.3. The second-order valence-electron chi connectivity index (χ2n) is 3.92. The van der Waals surface area contributed by atoms with Crippen LogP contribution in [0.25, 0.3) is 0 Å². The second kappa shape index (κ2) is 4.99. The first-order valence-electron chi connectivity index (χ1n) is 4.57. The van der Waals surface area contributed by atoms with E-state index in [1.165, 1.54) is 0 Å². The molecule has 0 amide bonds. The number of carbonyl (C=O) groups is 1. The van der Waals surface area contributed by atoms with Crippen molar-refractivity contribution in [1.29, 1.82) is 0 Å². The molecule has 1 aromatic rings. The summed E-state index contributed by atoms with van der Waals surface area (Å²) in [5.74, 6) is -0.489. The van der Waals surface area contributed by atoms with E-state index in [0.717, 1.165) is 0 Å². The Balaban J connectivity index is 2.65. The monoisotopic (exact) mass is 262 g/mol. The molecule has 2 N–H and O–H groups in total. The molecule has 6 heteroatoms. The molecule has 0 bridgehead atoms. The van der Waals surface area contributed by atoms with Gasteiger partial charge < -0.3 is 10.5 Å². The van der Waals surface area contributed by atoms with Crippen molar-refractivity contribution in [2.75, 3.05) is 0 Å². The number of hydrogen-bond donors (Lipinski definition) is 1. The highest BCUT2D eigenvalue weighted by atomic mass is 35.5. The maximum absolute atomic E-state index is 11.4. The van der Waals surface area contributed by atoms with Gasteiger partial charge in [0.15, 0.2) is 0 Å². The van der Waals surface area contributed by atoms with Gasteiger partial charge in [-0.1, -0.05) is 23.2 Å². The summed E-state index contributed by atoms with van der Waals surface area (Å²) in [7, 11) is 0. The fourth-order valence-electron chi connectivity index (χ4n) is 0.932. The van der Waals surface area contributed by atoms with E-state index in [1.807, 2.05) is 0 Å². The molecule has 0 fully saturated rings. The van der Waals surface area contributed by atoms with Gasteiger partial charge in [0.25, 0.3) is 0 Å². The van der Waals surface area contributed by atoms with Crippen LogP contribution in [0.3, 0.4) is 0 Å². The van der Waals surface area contributed by atoms with E-state index in [-0.39, 0.29) is 16.9 Å². The molecular formula is C10H12Cl2N2O2. The maximum atomic E-state index is 11.4. The second-order valence-corrected chi connectivity index (χ2v) is 4.69. The molecule has 0 radical (unpaired) electrons. The average Bonchev–Trinajstić information content (AvgIpc) is 2.11. The number of rotatable bonds is 3. The van der Waals surface area contributed by atoms with E-state index in [9.17, 15) is 4.79 Å². The highest BCUT2D eigenvalue weighted by molar-refractivity contribution is 6.32. The van der Waals surface area contributed by atoms with Crippen molar-refractivity contribution in [3.05, 3.63) is 28.0 Å². The molecule has 4 nitrogen and oxygen atoms in total. The summed E-state index contributed by atoms with van der Waals surface area (Å²) in [6, 6.07) is 3.15. The van der Waals surface area contributed by atoms with Gasteiger partial charge in [-0.2, -0.15) is 0 Å². The molecule has 16 heavy (non-hydrogen) atoms. The first-order valence-corrected chi connectivity index (χ1v) is 5.32. The van der Waals surface area contributed by atoms with Crippen molar-refractivity contribution in [2.45, 2.75) is 26.0 Å². The van der Waals surface area contributed by atoms with E-state index in [1.54, 1.807) is 26.0 Å². The number of pyridine rings is 1. The molecule has 88 valence electrons. The van der Waals surface area contributed by atoms with Crippen LogP contribution in [0.15, 0.2) is 12.1 Å². The molecule has 1 heterocycles. The van der Waals surface area contributed by atoms with E-state index >= 15 is 0 Å². The standard InChI is InChI=1S/C10H12Cl2N2O2/c1-10(2,13)9(15)16-5-6-3-7(11)14-8(12)4-6/h3-4H,5,13H2,1-2H3. The summed E-state index contributed by atoms with van der Waals surface area (Å²) in [5, 5.41) is 0.510. The highest BCUT2D eigenvalue weighted by Crippen LogP contribution is 2.15. The fraction of sp³-hybridized carbons (Fsp3) is 0.400. The van der Waals surface area contributed by atoms with E-state index in [4.69, 9.17) is 33.7 Å². The Morgan fingerprint density at radius 1 is 1.44 bits per heavy atom. The van der Waals surface area contributed by atoms with Crippen LogP contribution < -0.4 is 5.73 Å². The van der Waals surface area contributed by atoms with Crippen LogP contribution in [0.4, 0.5) is 0 Å². The number of halogens is 2. The number of nitrogens with zero attached hydrogens (tertiary/aromatic N) is 1. The minimum absolute atomic E-state index is 0.0709. The third-order valence-corrected chi connectivity index (χ3v) is 2.11. The number of ether oxygens (including phenoxy) is 1. The van der Waals surface area contributed by atoms with Crippen LogP contribution in [0.1, 0.15) is 19.4 Å². The van der Waals surface area contributed by atoms with Crippen molar-refractivity contribution < 1.29 is 9.53 Å². The zero-order valence-corrected chi connectivity index (χ0v) is 10.5. The van der Waals surface area contributed by atoms with Gasteiger partial charge in [-0.15, -0.1) is 0 Å². The third-order valence-electron chi connectivity index (χ3n) is 1.72. The van der Waals surface area contributed by atoms with Gasteiger partial charge in [-0.25, -0.2) is 4.98 Å². The Morgan fingerprint density at radius 2 is 1.94 bits per heavy atom. The Morgan fingerprint density at radius 3 is 2.38 bits per heavy atom. The number of hydrogen-bond acceptors (Lipinski definition) is 4.